The molecule has 0 unspecified atom stereocenters. The van der Waals surface area contributed by atoms with Crippen molar-refractivity contribution in [3.8, 4) is 0 Å². The number of rotatable bonds is 3. The second kappa shape index (κ2) is 6.22. The van der Waals surface area contributed by atoms with Gasteiger partial charge in [0, 0.05) is 33.5 Å². The van der Waals surface area contributed by atoms with Crippen LogP contribution in [0.1, 0.15) is 33.6 Å². The van der Waals surface area contributed by atoms with Gasteiger partial charge >= 0.3 is 5.69 Å². The molecule has 0 amide bonds. The quantitative estimate of drug-likeness (QED) is 0.736. The van der Waals surface area contributed by atoms with Crippen LogP contribution < -0.4 is 11.2 Å². The minimum Gasteiger partial charge on any atom is -0.313 e. The number of carbonyl (C=O) groups excluding carboxylic acids is 2. The molecule has 0 radical (unpaired) electrons. The Morgan fingerprint density at radius 1 is 1.08 bits per heavy atom. The van der Waals surface area contributed by atoms with Gasteiger partial charge in [0.1, 0.15) is 5.25 Å². The molecular formula is C17H22N4O4S. The van der Waals surface area contributed by atoms with Gasteiger partial charge in [-0.15, -0.1) is 0 Å². The van der Waals surface area contributed by atoms with Crippen LogP contribution in [-0.4, -0.2) is 35.5 Å². The molecule has 3 rings (SSSR count). The number of thioether (sulfide) groups is 1. The van der Waals surface area contributed by atoms with E-state index in [0.717, 1.165) is 16.3 Å². The van der Waals surface area contributed by atoms with E-state index in [1.54, 1.807) is 11.6 Å². The van der Waals surface area contributed by atoms with Crippen molar-refractivity contribution in [3.05, 3.63) is 20.8 Å². The molecule has 0 atom stereocenters. The molecule has 9 heteroatoms. The fourth-order valence-corrected chi connectivity index (χ4v) is 4.54. The van der Waals surface area contributed by atoms with Gasteiger partial charge in [-0.25, -0.2) is 9.78 Å². The highest BCUT2D eigenvalue weighted by Crippen LogP contribution is 2.38. The standard InChI is InChI=1S/C17H22N4O4S/c1-6-21-11-13(19(4)16(25)20(5)14(11)24)18-15(21)26-12-9(22)7-17(2,3)8-10(12)23/h12H,6-8H2,1-5H3. The lowest BCUT2D eigenvalue weighted by Crippen LogP contribution is -2.39. The van der Waals surface area contributed by atoms with Gasteiger partial charge in [0.05, 0.1) is 0 Å². The molecule has 2 aromatic rings. The molecule has 1 aliphatic rings. The molecular weight excluding hydrogens is 356 g/mol. The number of fused-ring (bicyclic) bond motifs is 1. The van der Waals surface area contributed by atoms with E-state index in [1.165, 1.54) is 11.6 Å². The van der Waals surface area contributed by atoms with Gasteiger partial charge < -0.3 is 4.57 Å². The molecule has 0 saturated heterocycles. The Morgan fingerprint density at radius 3 is 2.19 bits per heavy atom. The lowest BCUT2D eigenvalue weighted by molar-refractivity contribution is -0.132. The molecule has 2 heterocycles. The van der Waals surface area contributed by atoms with Crippen molar-refractivity contribution in [2.24, 2.45) is 19.5 Å². The number of hydrogen-bond donors (Lipinski definition) is 0. The van der Waals surface area contributed by atoms with Gasteiger partial charge in [0.15, 0.2) is 27.9 Å². The average molecular weight is 378 g/mol. The molecule has 1 aliphatic carbocycles. The van der Waals surface area contributed by atoms with E-state index in [1.807, 2.05) is 20.8 Å². The van der Waals surface area contributed by atoms with Gasteiger partial charge in [-0.2, -0.15) is 0 Å². The summed E-state index contributed by atoms with van der Waals surface area (Å²) in [6.45, 7) is 6.10. The summed E-state index contributed by atoms with van der Waals surface area (Å²) in [5.41, 5.74) is -0.664. The molecule has 26 heavy (non-hydrogen) atoms. The summed E-state index contributed by atoms with van der Waals surface area (Å²) >= 11 is 1.08. The Bertz CT molecular complexity index is 1020. The van der Waals surface area contributed by atoms with Crippen molar-refractivity contribution in [1.29, 1.82) is 0 Å². The predicted octanol–water partition coefficient (Wildman–Crippen LogP) is 0.872. The zero-order chi connectivity index (χ0) is 19.4. The Hall–Kier alpha value is -2.16. The van der Waals surface area contributed by atoms with Crippen LogP contribution in [0.3, 0.4) is 0 Å². The van der Waals surface area contributed by atoms with Gasteiger partial charge in [0.2, 0.25) is 0 Å². The van der Waals surface area contributed by atoms with Crippen LogP contribution in [-0.2, 0) is 30.2 Å². The summed E-state index contributed by atoms with van der Waals surface area (Å²) < 4.78 is 4.01. The van der Waals surface area contributed by atoms with E-state index >= 15 is 0 Å². The highest BCUT2D eigenvalue weighted by molar-refractivity contribution is 8.01. The third-order valence-corrected chi connectivity index (χ3v) is 6.03. The first-order valence-electron chi connectivity index (χ1n) is 8.45. The first kappa shape index (κ1) is 18.6. The SMILES string of the molecule is CCn1c(SC2C(=O)CC(C)(C)CC2=O)nc2c1c(=O)n(C)c(=O)n2C. The minimum atomic E-state index is -0.814. The normalized spacial score (nSPS) is 18.0. The second-order valence-electron chi connectivity index (χ2n) is 7.46. The van der Waals surface area contributed by atoms with Crippen LogP contribution in [0.15, 0.2) is 14.7 Å². The summed E-state index contributed by atoms with van der Waals surface area (Å²) in [7, 11) is 2.96. The van der Waals surface area contributed by atoms with Crippen LogP contribution in [0.5, 0.6) is 0 Å². The van der Waals surface area contributed by atoms with Gasteiger partial charge in [-0.05, 0) is 12.3 Å². The van der Waals surface area contributed by atoms with Crippen LogP contribution in [0.2, 0.25) is 0 Å². The van der Waals surface area contributed by atoms with Gasteiger partial charge in [-0.3, -0.25) is 23.5 Å². The van der Waals surface area contributed by atoms with Crippen LogP contribution in [0, 0.1) is 5.41 Å². The molecule has 1 fully saturated rings. The highest BCUT2D eigenvalue weighted by atomic mass is 32.2. The maximum absolute atomic E-state index is 12.5. The Kier molecular flexibility index (Phi) is 4.46. The lowest BCUT2D eigenvalue weighted by Gasteiger charge is -2.31. The number of hydrogen-bond acceptors (Lipinski definition) is 6. The number of nitrogens with zero attached hydrogens (tertiary/aromatic N) is 4. The van der Waals surface area contributed by atoms with Crippen LogP contribution in [0.4, 0.5) is 0 Å². The molecule has 140 valence electrons. The highest BCUT2D eigenvalue weighted by Gasteiger charge is 2.41. The summed E-state index contributed by atoms with van der Waals surface area (Å²) in [4.78, 5) is 54.1. The molecule has 8 nitrogen and oxygen atoms in total. The Balaban J connectivity index is 2.12. The monoisotopic (exact) mass is 378 g/mol. The van der Waals surface area contributed by atoms with E-state index in [2.05, 4.69) is 4.98 Å². The number of imidazole rings is 1. The van der Waals surface area contributed by atoms with Gasteiger partial charge in [-0.1, -0.05) is 25.6 Å². The largest absolute Gasteiger partial charge is 0.332 e. The van der Waals surface area contributed by atoms with E-state index in [9.17, 15) is 19.2 Å². The maximum atomic E-state index is 12.5. The third kappa shape index (κ3) is 2.84. The Labute approximate surface area is 154 Å². The Morgan fingerprint density at radius 2 is 1.65 bits per heavy atom. The van der Waals surface area contributed by atoms with Crippen molar-refractivity contribution in [2.45, 2.75) is 50.6 Å². The van der Waals surface area contributed by atoms with Crippen molar-refractivity contribution in [1.82, 2.24) is 18.7 Å². The topological polar surface area (TPSA) is 96.0 Å². The van der Waals surface area contributed by atoms with Gasteiger partial charge in [0.25, 0.3) is 5.56 Å². The summed E-state index contributed by atoms with van der Waals surface area (Å²) in [5, 5.41) is -0.404. The van der Waals surface area contributed by atoms with E-state index in [-0.39, 0.29) is 22.6 Å². The third-order valence-electron chi connectivity index (χ3n) is 4.74. The number of aromatic nitrogens is 4. The van der Waals surface area contributed by atoms with E-state index in [4.69, 9.17) is 0 Å². The second-order valence-corrected chi connectivity index (χ2v) is 8.54. The van der Waals surface area contributed by atoms with Crippen LogP contribution in [0.25, 0.3) is 11.2 Å². The van der Waals surface area contributed by atoms with E-state index < -0.39 is 16.5 Å². The van der Waals surface area contributed by atoms with E-state index in [0.29, 0.717) is 30.1 Å². The fourth-order valence-electron chi connectivity index (χ4n) is 3.42. The predicted molar refractivity (Wildman–Crippen MR) is 98.6 cm³/mol. The summed E-state index contributed by atoms with van der Waals surface area (Å²) in [6.07, 6.45) is 0.673. The maximum Gasteiger partial charge on any atom is 0.332 e. The molecule has 0 aliphatic heterocycles. The molecule has 0 N–H and O–H groups in total. The van der Waals surface area contributed by atoms with Crippen molar-refractivity contribution < 1.29 is 9.59 Å². The number of ketones is 2. The summed E-state index contributed by atoms with van der Waals surface area (Å²) in [5.74, 6) is -0.236. The average Bonchev–Trinajstić information content (AvgIpc) is 2.92. The molecule has 0 spiro atoms. The molecule has 2 aromatic heterocycles. The summed E-state index contributed by atoms with van der Waals surface area (Å²) in [6, 6.07) is 0. The number of aryl methyl sites for hydroxylation is 2. The molecule has 0 aromatic carbocycles. The zero-order valence-electron chi connectivity index (χ0n) is 15.5. The zero-order valence-corrected chi connectivity index (χ0v) is 16.3. The minimum absolute atomic E-state index is 0.118. The van der Waals surface area contributed by atoms with Crippen molar-refractivity contribution in [2.75, 3.05) is 0 Å². The molecule has 1 saturated carbocycles. The van der Waals surface area contributed by atoms with Crippen LogP contribution >= 0.6 is 11.8 Å². The number of carbonyl (C=O) groups is 2. The lowest BCUT2D eigenvalue weighted by atomic mass is 9.76. The molecule has 0 bridgehead atoms. The number of Topliss-reactive ketones (excluding diaryl/α,β-unsaturated/α-hetero) is 2. The smallest absolute Gasteiger partial charge is 0.313 e. The fraction of sp³-hybridized carbons (Fsp3) is 0.588. The first-order valence-corrected chi connectivity index (χ1v) is 9.33. The van der Waals surface area contributed by atoms with Crippen molar-refractivity contribution in [3.63, 3.8) is 0 Å². The first-order chi connectivity index (χ1) is 12.1. The van der Waals surface area contributed by atoms with Crippen molar-refractivity contribution >= 4 is 34.5 Å².